The number of alkyl halides is 3. The van der Waals surface area contributed by atoms with Crippen LogP contribution in [0.1, 0.15) is 154 Å². The van der Waals surface area contributed by atoms with Crippen LogP contribution in [0.4, 0.5) is 22.0 Å². The van der Waals surface area contributed by atoms with E-state index in [1.54, 1.807) is 18.3 Å². The van der Waals surface area contributed by atoms with Crippen LogP contribution in [-0.4, -0.2) is 45.4 Å². The predicted octanol–water partition coefficient (Wildman–Crippen LogP) is 14.3. The molecule has 344 valence electrons. The molecule has 3 atom stereocenters. The maximum absolute atomic E-state index is 13.2. The number of hydrogen-bond donors (Lipinski definition) is 0. The van der Waals surface area contributed by atoms with Gasteiger partial charge in [-0.2, -0.15) is 5.10 Å². The van der Waals surface area contributed by atoms with Crippen LogP contribution in [0.15, 0.2) is 85.5 Å². The molecule has 5 rings (SSSR count). The topological polar surface area (TPSA) is 80.5 Å². The third-order valence-electron chi connectivity index (χ3n) is 8.64. The van der Waals surface area contributed by atoms with Crippen molar-refractivity contribution in [3.8, 4) is 23.1 Å². The van der Waals surface area contributed by atoms with Crippen molar-refractivity contribution >= 4 is 0 Å². The monoisotopic (exact) mass is 873 g/mol. The van der Waals surface area contributed by atoms with Gasteiger partial charge in [-0.3, -0.25) is 9.67 Å². The first-order chi connectivity index (χ1) is 29.0. The van der Waals surface area contributed by atoms with Crippen molar-refractivity contribution < 1.29 is 40.9 Å². The van der Waals surface area contributed by atoms with Crippen molar-refractivity contribution in [3.63, 3.8) is 0 Å². The number of pyridine rings is 2. The van der Waals surface area contributed by atoms with Crippen LogP contribution in [0.2, 0.25) is 0 Å². The van der Waals surface area contributed by atoms with Gasteiger partial charge in [-0.25, -0.2) is 26.9 Å². The number of halogens is 5. The Morgan fingerprint density at radius 2 is 1.08 bits per heavy atom. The molecule has 3 heterocycles. The van der Waals surface area contributed by atoms with Crippen LogP contribution in [0.3, 0.4) is 0 Å². The number of aryl methyl sites for hydroxylation is 1. The fourth-order valence-electron chi connectivity index (χ4n) is 5.42. The molecule has 2 aromatic carbocycles. The van der Waals surface area contributed by atoms with Gasteiger partial charge in [0.05, 0.1) is 19.0 Å². The van der Waals surface area contributed by atoms with Crippen molar-refractivity contribution in [2.24, 2.45) is 7.05 Å². The largest absolute Gasteiger partial charge is 0.478 e. The Kier molecular flexibility index (Phi) is 25.1. The molecule has 0 aliphatic rings. The molecule has 0 saturated heterocycles. The van der Waals surface area contributed by atoms with Gasteiger partial charge in [0, 0.05) is 52.0 Å². The molecule has 0 aliphatic carbocycles. The standard InChI is InChI=1S/C11H14F2O.C11H15FO.2C10H14FNO.C7H12N2/c1-7(2)10-6-9(14-8(3)12)4-5-11(10)13;1-8(2)10-5-4-6-11(7-10)13-9(3)12;1-7(2)9-4-10(6-12-5-9)13-8(3)11;1-4-13-10-5-8(7(2)3)9(11)6-12-10;1-6(2)7-4-5-8-9(7)3/h4-8H,1-3H3;4-9H,1-3H3;4-8H,1-3H3;5-7H,4H2,1-3H3;4-6H,1-3H3. The first-order valence-electron chi connectivity index (χ1n) is 21.1. The van der Waals surface area contributed by atoms with Gasteiger partial charge in [-0.05, 0) is 101 Å². The first kappa shape index (κ1) is 54.8. The van der Waals surface area contributed by atoms with Gasteiger partial charge in [0.1, 0.15) is 28.9 Å². The molecule has 62 heavy (non-hydrogen) atoms. The van der Waals surface area contributed by atoms with Crippen LogP contribution in [0.25, 0.3) is 0 Å². The minimum atomic E-state index is -1.37. The molecule has 0 fully saturated rings. The maximum atomic E-state index is 13.2. The Labute approximate surface area is 367 Å². The van der Waals surface area contributed by atoms with Crippen molar-refractivity contribution in [1.29, 1.82) is 0 Å². The summed E-state index contributed by atoms with van der Waals surface area (Å²) in [5.74, 6) is 3.02. The highest BCUT2D eigenvalue weighted by atomic mass is 19.2. The van der Waals surface area contributed by atoms with E-state index in [-0.39, 0.29) is 23.5 Å². The molecule has 3 unspecified atom stereocenters. The molecule has 5 aromatic rings. The van der Waals surface area contributed by atoms with Crippen LogP contribution in [0, 0.1) is 11.6 Å². The molecule has 0 amide bonds. The zero-order valence-corrected chi connectivity index (χ0v) is 39.2. The second kappa shape index (κ2) is 28.4. The molecule has 8 nitrogen and oxygen atoms in total. The van der Waals surface area contributed by atoms with Crippen molar-refractivity contribution in [2.45, 2.75) is 146 Å². The zero-order valence-electron chi connectivity index (χ0n) is 39.2. The number of nitrogens with zero attached hydrogens (tertiary/aromatic N) is 4. The fourth-order valence-corrected chi connectivity index (χ4v) is 5.42. The summed E-state index contributed by atoms with van der Waals surface area (Å²) in [5.41, 5.74) is 4.70. The van der Waals surface area contributed by atoms with Crippen LogP contribution < -0.4 is 18.9 Å². The molecule has 0 spiro atoms. The maximum Gasteiger partial charge on any atom is 0.235 e. The summed E-state index contributed by atoms with van der Waals surface area (Å²) in [6.45, 7) is 26.7. The summed E-state index contributed by atoms with van der Waals surface area (Å²) in [6.07, 6.45) is 2.41. The van der Waals surface area contributed by atoms with E-state index < -0.39 is 19.1 Å². The summed E-state index contributed by atoms with van der Waals surface area (Å²) in [5, 5.41) is 4.05. The van der Waals surface area contributed by atoms with E-state index in [2.05, 4.69) is 56.6 Å². The third kappa shape index (κ3) is 21.5. The van der Waals surface area contributed by atoms with E-state index in [1.165, 1.54) is 57.1 Å². The van der Waals surface area contributed by atoms with E-state index >= 15 is 0 Å². The smallest absolute Gasteiger partial charge is 0.235 e. The van der Waals surface area contributed by atoms with Gasteiger partial charge in [0.15, 0.2) is 0 Å². The summed E-state index contributed by atoms with van der Waals surface area (Å²) in [7, 11) is 1.97. The van der Waals surface area contributed by atoms with E-state index in [0.717, 1.165) is 11.1 Å². The highest BCUT2D eigenvalue weighted by Gasteiger charge is 2.11. The molecule has 0 N–H and O–H groups in total. The van der Waals surface area contributed by atoms with Crippen LogP contribution >= 0.6 is 0 Å². The third-order valence-corrected chi connectivity index (χ3v) is 8.64. The van der Waals surface area contributed by atoms with E-state index in [9.17, 15) is 22.0 Å². The highest BCUT2D eigenvalue weighted by molar-refractivity contribution is 5.32. The quantitative estimate of drug-likeness (QED) is 0.109. The summed E-state index contributed by atoms with van der Waals surface area (Å²) in [6, 6.07) is 17.3. The number of benzene rings is 2. The minimum absolute atomic E-state index is 0.0634. The van der Waals surface area contributed by atoms with Crippen LogP contribution in [-0.2, 0) is 7.05 Å². The van der Waals surface area contributed by atoms with Gasteiger partial charge >= 0.3 is 0 Å². The second-order valence-corrected chi connectivity index (χ2v) is 15.8. The Morgan fingerprint density at radius 1 is 0.548 bits per heavy atom. The average Bonchev–Trinajstić information content (AvgIpc) is 3.63. The van der Waals surface area contributed by atoms with Gasteiger partial charge in [-0.1, -0.05) is 81.4 Å². The van der Waals surface area contributed by atoms with Crippen LogP contribution in [0.5, 0.6) is 23.1 Å². The van der Waals surface area contributed by atoms with E-state index in [4.69, 9.17) is 18.9 Å². The lowest BCUT2D eigenvalue weighted by atomic mass is 10.0. The molecule has 0 radical (unpaired) electrons. The highest BCUT2D eigenvalue weighted by Crippen LogP contribution is 2.25. The molecule has 13 heteroatoms. The van der Waals surface area contributed by atoms with Crippen molar-refractivity contribution in [3.05, 3.63) is 125 Å². The SMILES string of the molecule is CC(C)c1ccnn1C.CC(F)Oc1ccc(F)c(C(C)C)c1.CC(F)Oc1cccc(C(C)C)c1.CC(F)Oc1cncc(C(C)C)c1.CCOc1cc(C(C)C)c(F)cn1. The van der Waals surface area contributed by atoms with E-state index in [0.29, 0.717) is 58.6 Å². The van der Waals surface area contributed by atoms with E-state index in [1.807, 2.05) is 82.9 Å². The minimum Gasteiger partial charge on any atom is -0.478 e. The Hall–Kier alpha value is -5.20. The van der Waals surface area contributed by atoms with Crippen molar-refractivity contribution in [1.82, 2.24) is 19.7 Å². The van der Waals surface area contributed by atoms with Gasteiger partial charge in [0.25, 0.3) is 0 Å². The first-order valence-corrected chi connectivity index (χ1v) is 21.1. The number of rotatable bonds is 13. The average molecular weight is 873 g/mol. The lowest BCUT2D eigenvalue weighted by Crippen LogP contribution is -2.04. The Bertz CT molecular complexity index is 1930. The van der Waals surface area contributed by atoms with Gasteiger partial charge < -0.3 is 18.9 Å². The summed E-state index contributed by atoms with van der Waals surface area (Å²) < 4.78 is 85.5. The Morgan fingerprint density at radius 3 is 1.55 bits per heavy atom. The number of aromatic nitrogens is 4. The number of hydrogen-bond acceptors (Lipinski definition) is 7. The summed E-state index contributed by atoms with van der Waals surface area (Å²) >= 11 is 0. The molecule has 0 saturated carbocycles. The summed E-state index contributed by atoms with van der Waals surface area (Å²) in [4.78, 5) is 7.78. The van der Waals surface area contributed by atoms with Crippen molar-refractivity contribution in [2.75, 3.05) is 6.61 Å². The zero-order chi connectivity index (χ0) is 47.1. The van der Waals surface area contributed by atoms with Gasteiger partial charge in [-0.15, -0.1) is 0 Å². The molecular formula is C49H69F5N4O4. The lowest BCUT2D eigenvalue weighted by molar-refractivity contribution is 0.0851. The predicted molar refractivity (Wildman–Crippen MR) is 240 cm³/mol. The van der Waals surface area contributed by atoms with Gasteiger partial charge in [0.2, 0.25) is 25.0 Å². The number of ether oxygens (including phenoxy) is 4. The molecule has 3 aromatic heterocycles. The molecule has 0 bridgehead atoms. The normalized spacial score (nSPS) is 12.1. The second-order valence-electron chi connectivity index (χ2n) is 15.8. The molecule has 0 aliphatic heterocycles. The fraction of sp³-hybridized carbons (Fsp3) is 0.490. The lowest BCUT2D eigenvalue weighted by Gasteiger charge is -2.11. The Balaban J connectivity index is 0.000000390. The molecular weight excluding hydrogens is 804 g/mol.